The molecule has 2 rings (SSSR count). The number of hydrogen-bond acceptors (Lipinski definition) is 5. The van der Waals surface area contributed by atoms with Crippen LogP contribution in [0.3, 0.4) is 0 Å². The van der Waals surface area contributed by atoms with E-state index < -0.39 is 6.10 Å². The molecule has 0 saturated heterocycles. The molecule has 1 amide bonds. The van der Waals surface area contributed by atoms with Crippen LogP contribution in [-0.4, -0.2) is 22.2 Å². The van der Waals surface area contributed by atoms with E-state index in [4.69, 9.17) is 16.3 Å². The minimum atomic E-state index is -0.635. The maximum atomic E-state index is 12.1. The molecule has 1 heterocycles. The van der Waals surface area contributed by atoms with Crippen LogP contribution in [0.15, 0.2) is 24.3 Å². The summed E-state index contributed by atoms with van der Waals surface area (Å²) in [6, 6.07) is 6.87. The van der Waals surface area contributed by atoms with Crippen molar-refractivity contribution >= 4 is 34.0 Å². The summed E-state index contributed by atoms with van der Waals surface area (Å²) in [5.41, 5.74) is 0. The first-order valence-corrected chi connectivity index (χ1v) is 8.33. The van der Waals surface area contributed by atoms with Crippen LogP contribution in [0.25, 0.3) is 0 Å². The minimum absolute atomic E-state index is 0.256. The fourth-order valence-electron chi connectivity index (χ4n) is 1.71. The van der Waals surface area contributed by atoms with Crippen LogP contribution in [0.5, 0.6) is 5.75 Å². The Bertz CT molecular complexity index is 616. The Kier molecular flexibility index (Phi) is 6.15. The van der Waals surface area contributed by atoms with Gasteiger partial charge in [0, 0.05) is 11.4 Å². The highest BCUT2D eigenvalue weighted by Crippen LogP contribution is 2.19. The predicted octanol–water partition coefficient (Wildman–Crippen LogP) is 3.94. The lowest BCUT2D eigenvalue weighted by atomic mass is 10.3. The van der Waals surface area contributed by atoms with Gasteiger partial charge in [0.2, 0.25) is 5.13 Å². The largest absolute Gasteiger partial charge is 0.481 e. The van der Waals surface area contributed by atoms with Gasteiger partial charge in [0.15, 0.2) is 6.10 Å². The van der Waals surface area contributed by atoms with Gasteiger partial charge in [0.05, 0.1) is 0 Å². The molecular formula is C15H18ClN3O2S. The van der Waals surface area contributed by atoms with Crippen molar-refractivity contribution in [1.29, 1.82) is 0 Å². The molecule has 0 aliphatic rings. The second-order valence-corrected chi connectivity index (χ2v) is 6.31. The first-order valence-electron chi connectivity index (χ1n) is 7.14. The Morgan fingerprint density at radius 2 is 2.09 bits per heavy atom. The molecule has 0 saturated carbocycles. The standard InChI is InChI=1S/C15H18ClN3O2S/c1-3-4-5-13-18-19-15(22-13)17-14(20)10(2)21-12-8-6-11(16)7-9-12/h6-10H,3-5H2,1-2H3,(H,17,19,20). The third-order valence-electron chi connectivity index (χ3n) is 2.94. The average molecular weight is 340 g/mol. The Labute approximate surface area is 138 Å². The zero-order valence-corrected chi connectivity index (χ0v) is 14.1. The lowest BCUT2D eigenvalue weighted by Crippen LogP contribution is -2.30. The second kappa shape index (κ2) is 8.10. The van der Waals surface area contributed by atoms with Crippen molar-refractivity contribution in [3.8, 4) is 5.75 Å². The molecular weight excluding hydrogens is 322 g/mol. The molecule has 7 heteroatoms. The number of unbranched alkanes of at least 4 members (excludes halogenated alkanes) is 1. The van der Waals surface area contributed by atoms with Crippen LogP contribution in [-0.2, 0) is 11.2 Å². The summed E-state index contributed by atoms with van der Waals surface area (Å²) >= 11 is 7.21. The smallest absolute Gasteiger partial charge is 0.266 e. The molecule has 0 aliphatic carbocycles. The number of aryl methyl sites for hydroxylation is 1. The molecule has 5 nitrogen and oxygen atoms in total. The molecule has 2 aromatic rings. The monoisotopic (exact) mass is 339 g/mol. The molecule has 0 aliphatic heterocycles. The molecule has 118 valence electrons. The van der Waals surface area contributed by atoms with Gasteiger partial charge < -0.3 is 4.74 Å². The quantitative estimate of drug-likeness (QED) is 0.829. The Morgan fingerprint density at radius 1 is 1.36 bits per heavy atom. The SMILES string of the molecule is CCCCc1nnc(NC(=O)C(C)Oc2ccc(Cl)cc2)s1. The van der Waals surface area contributed by atoms with Crippen molar-refractivity contribution in [2.24, 2.45) is 0 Å². The topological polar surface area (TPSA) is 64.1 Å². The Morgan fingerprint density at radius 3 is 2.77 bits per heavy atom. The van der Waals surface area contributed by atoms with Gasteiger partial charge in [-0.05, 0) is 37.6 Å². The van der Waals surface area contributed by atoms with Gasteiger partial charge in [-0.3, -0.25) is 10.1 Å². The van der Waals surface area contributed by atoms with E-state index >= 15 is 0 Å². The van der Waals surface area contributed by atoms with E-state index in [1.165, 1.54) is 11.3 Å². The van der Waals surface area contributed by atoms with Gasteiger partial charge in [0.25, 0.3) is 5.91 Å². The molecule has 0 spiro atoms. The second-order valence-electron chi connectivity index (χ2n) is 4.81. The molecule has 1 unspecified atom stereocenters. The zero-order valence-electron chi connectivity index (χ0n) is 12.5. The van der Waals surface area contributed by atoms with Crippen molar-refractivity contribution in [3.05, 3.63) is 34.3 Å². The predicted molar refractivity (Wildman–Crippen MR) is 88.7 cm³/mol. The summed E-state index contributed by atoms with van der Waals surface area (Å²) < 4.78 is 5.56. The van der Waals surface area contributed by atoms with Crippen molar-refractivity contribution in [1.82, 2.24) is 10.2 Å². The lowest BCUT2D eigenvalue weighted by molar-refractivity contribution is -0.122. The third-order valence-corrected chi connectivity index (χ3v) is 4.09. The Balaban J connectivity index is 1.88. The van der Waals surface area contributed by atoms with Crippen molar-refractivity contribution in [2.75, 3.05) is 5.32 Å². The number of rotatable bonds is 7. The lowest BCUT2D eigenvalue weighted by Gasteiger charge is -2.13. The van der Waals surface area contributed by atoms with Gasteiger partial charge in [-0.1, -0.05) is 36.3 Å². The van der Waals surface area contributed by atoms with Crippen molar-refractivity contribution < 1.29 is 9.53 Å². The highest BCUT2D eigenvalue weighted by molar-refractivity contribution is 7.15. The van der Waals surface area contributed by atoms with Gasteiger partial charge in [0.1, 0.15) is 10.8 Å². The summed E-state index contributed by atoms with van der Waals surface area (Å²) in [5.74, 6) is 0.334. The van der Waals surface area contributed by atoms with Gasteiger partial charge in [-0.25, -0.2) is 0 Å². The molecule has 1 aromatic heterocycles. The number of hydrogen-bond donors (Lipinski definition) is 1. The first kappa shape index (κ1) is 16.7. The number of halogens is 1. The average Bonchev–Trinajstić information content (AvgIpc) is 2.95. The van der Waals surface area contributed by atoms with Crippen molar-refractivity contribution in [2.45, 2.75) is 39.2 Å². The van der Waals surface area contributed by atoms with E-state index in [9.17, 15) is 4.79 Å². The molecule has 0 radical (unpaired) electrons. The summed E-state index contributed by atoms with van der Waals surface area (Å²) in [4.78, 5) is 12.1. The van der Waals surface area contributed by atoms with Crippen molar-refractivity contribution in [3.63, 3.8) is 0 Å². The normalized spacial score (nSPS) is 12.0. The number of carbonyl (C=O) groups is 1. The molecule has 22 heavy (non-hydrogen) atoms. The van der Waals surface area contributed by atoms with Crippen LogP contribution in [0.1, 0.15) is 31.7 Å². The van der Waals surface area contributed by atoms with Crippen LogP contribution in [0, 0.1) is 0 Å². The van der Waals surface area contributed by atoms with Gasteiger partial charge in [-0.15, -0.1) is 10.2 Å². The van der Waals surface area contributed by atoms with E-state index in [-0.39, 0.29) is 5.91 Å². The minimum Gasteiger partial charge on any atom is -0.481 e. The fourth-order valence-corrected chi connectivity index (χ4v) is 2.62. The highest BCUT2D eigenvalue weighted by Gasteiger charge is 2.17. The zero-order chi connectivity index (χ0) is 15.9. The molecule has 1 N–H and O–H groups in total. The van der Waals surface area contributed by atoms with Crippen LogP contribution < -0.4 is 10.1 Å². The number of anilines is 1. The van der Waals surface area contributed by atoms with E-state index in [2.05, 4.69) is 22.4 Å². The maximum absolute atomic E-state index is 12.1. The number of amides is 1. The van der Waals surface area contributed by atoms with Gasteiger partial charge >= 0.3 is 0 Å². The number of nitrogens with one attached hydrogen (secondary N) is 1. The molecule has 0 bridgehead atoms. The van der Waals surface area contributed by atoms with Crippen LogP contribution in [0.4, 0.5) is 5.13 Å². The summed E-state index contributed by atoms with van der Waals surface area (Å²) in [5, 5.41) is 12.8. The summed E-state index contributed by atoms with van der Waals surface area (Å²) in [6.45, 7) is 3.81. The number of aromatic nitrogens is 2. The third kappa shape index (κ3) is 4.96. The van der Waals surface area contributed by atoms with Crippen LogP contribution in [0.2, 0.25) is 5.02 Å². The molecule has 1 atom stereocenters. The van der Waals surface area contributed by atoms with Crippen LogP contribution >= 0.6 is 22.9 Å². The Hall–Kier alpha value is -1.66. The van der Waals surface area contributed by atoms with E-state index in [0.29, 0.717) is 15.9 Å². The molecule has 0 fully saturated rings. The van der Waals surface area contributed by atoms with E-state index in [1.807, 2.05) is 0 Å². The van der Waals surface area contributed by atoms with Gasteiger partial charge in [-0.2, -0.15) is 0 Å². The fraction of sp³-hybridized carbons (Fsp3) is 0.400. The number of ether oxygens (including phenoxy) is 1. The number of benzene rings is 1. The molecule has 1 aromatic carbocycles. The summed E-state index contributed by atoms with van der Waals surface area (Å²) in [7, 11) is 0. The van der Waals surface area contributed by atoms with E-state index in [1.54, 1.807) is 31.2 Å². The number of nitrogens with zero attached hydrogens (tertiary/aromatic N) is 2. The van der Waals surface area contributed by atoms with E-state index in [0.717, 1.165) is 24.3 Å². The highest BCUT2D eigenvalue weighted by atomic mass is 35.5. The number of carbonyl (C=O) groups excluding carboxylic acids is 1. The summed E-state index contributed by atoms with van der Waals surface area (Å²) in [6.07, 6.45) is 2.43. The maximum Gasteiger partial charge on any atom is 0.266 e. The first-order chi connectivity index (χ1) is 10.6.